The highest BCUT2D eigenvalue weighted by atomic mass is 16.5. The number of ether oxygens (including phenoxy) is 3. The average molecular weight is 302 g/mol. The van der Waals surface area contributed by atoms with Gasteiger partial charge in [0, 0.05) is 5.56 Å². The zero-order valence-electron chi connectivity index (χ0n) is 12.4. The fraction of sp³-hybridized carbons (Fsp3) is 0.294. The quantitative estimate of drug-likeness (QED) is 0.908. The summed E-state index contributed by atoms with van der Waals surface area (Å²) in [6.07, 6.45) is -0.356. The van der Waals surface area contributed by atoms with E-state index in [-0.39, 0.29) is 24.4 Å². The molecule has 2 aromatic carbocycles. The first-order valence-corrected chi connectivity index (χ1v) is 7.01. The molecule has 0 aromatic heterocycles. The summed E-state index contributed by atoms with van der Waals surface area (Å²) < 4.78 is 16.5. The Morgan fingerprint density at radius 2 is 1.86 bits per heavy atom. The van der Waals surface area contributed by atoms with E-state index in [1.54, 1.807) is 25.3 Å². The van der Waals surface area contributed by atoms with Crippen LogP contribution in [0.2, 0.25) is 0 Å². The Bertz CT molecular complexity index is 683. The van der Waals surface area contributed by atoms with Crippen LogP contribution in [0.15, 0.2) is 36.4 Å². The molecule has 22 heavy (non-hydrogen) atoms. The van der Waals surface area contributed by atoms with E-state index >= 15 is 0 Å². The highest BCUT2D eigenvalue weighted by molar-refractivity contribution is 5.53. The Morgan fingerprint density at radius 3 is 2.55 bits per heavy atom. The molecule has 0 radical (unpaired) electrons. The van der Waals surface area contributed by atoms with Crippen molar-refractivity contribution in [3.63, 3.8) is 0 Å². The first kappa shape index (κ1) is 14.5. The van der Waals surface area contributed by atoms with Gasteiger partial charge in [-0.05, 0) is 23.8 Å². The molecule has 116 valence electrons. The SMILES string of the molecule is COc1cc(C2Oc3c(OC)cccc3C2CO)ccc1O. The second kappa shape index (κ2) is 5.77. The summed E-state index contributed by atoms with van der Waals surface area (Å²) in [6.45, 7) is -0.0476. The largest absolute Gasteiger partial charge is 0.504 e. The lowest BCUT2D eigenvalue weighted by molar-refractivity contribution is 0.157. The van der Waals surface area contributed by atoms with Gasteiger partial charge in [-0.1, -0.05) is 18.2 Å². The van der Waals surface area contributed by atoms with Gasteiger partial charge in [-0.15, -0.1) is 0 Å². The van der Waals surface area contributed by atoms with E-state index in [0.717, 1.165) is 11.1 Å². The van der Waals surface area contributed by atoms with Crippen LogP contribution in [0.25, 0.3) is 0 Å². The monoisotopic (exact) mass is 302 g/mol. The van der Waals surface area contributed by atoms with Crippen LogP contribution in [0.1, 0.15) is 23.1 Å². The molecule has 0 saturated carbocycles. The van der Waals surface area contributed by atoms with E-state index in [1.807, 2.05) is 18.2 Å². The first-order chi connectivity index (χ1) is 10.7. The second-order valence-corrected chi connectivity index (χ2v) is 5.14. The van der Waals surface area contributed by atoms with Crippen LogP contribution in [0, 0.1) is 0 Å². The van der Waals surface area contributed by atoms with Crippen LogP contribution >= 0.6 is 0 Å². The third-order valence-electron chi connectivity index (χ3n) is 3.97. The number of methoxy groups -OCH3 is 2. The molecule has 1 aliphatic rings. The summed E-state index contributed by atoms with van der Waals surface area (Å²) in [5.74, 6) is 1.55. The molecular weight excluding hydrogens is 284 g/mol. The number of hydrogen-bond acceptors (Lipinski definition) is 5. The maximum absolute atomic E-state index is 9.79. The average Bonchev–Trinajstić information content (AvgIpc) is 2.93. The minimum atomic E-state index is -0.356. The lowest BCUT2D eigenvalue weighted by atomic mass is 9.91. The molecule has 2 aromatic rings. The highest BCUT2D eigenvalue weighted by Gasteiger charge is 2.37. The van der Waals surface area contributed by atoms with Gasteiger partial charge in [0.1, 0.15) is 6.10 Å². The summed E-state index contributed by atoms with van der Waals surface area (Å²) >= 11 is 0. The number of rotatable bonds is 4. The molecule has 3 rings (SSSR count). The van der Waals surface area contributed by atoms with Gasteiger partial charge in [0.15, 0.2) is 23.0 Å². The Labute approximate surface area is 128 Å². The van der Waals surface area contributed by atoms with E-state index < -0.39 is 0 Å². The number of para-hydroxylation sites is 1. The number of phenolic OH excluding ortho intramolecular Hbond substituents is 1. The van der Waals surface area contributed by atoms with Crippen LogP contribution in [-0.4, -0.2) is 31.0 Å². The van der Waals surface area contributed by atoms with Crippen LogP contribution in [0.4, 0.5) is 0 Å². The summed E-state index contributed by atoms with van der Waals surface area (Å²) in [7, 11) is 3.08. The minimum Gasteiger partial charge on any atom is -0.504 e. The maximum atomic E-state index is 9.79. The van der Waals surface area contributed by atoms with Crippen molar-refractivity contribution in [3.05, 3.63) is 47.5 Å². The lowest BCUT2D eigenvalue weighted by Gasteiger charge is -2.18. The molecule has 1 aliphatic heterocycles. The van der Waals surface area contributed by atoms with Crippen molar-refractivity contribution in [1.29, 1.82) is 0 Å². The van der Waals surface area contributed by atoms with Crippen molar-refractivity contribution in [1.82, 2.24) is 0 Å². The van der Waals surface area contributed by atoms with Crippen molar-refractivity contribution >= 4 is 0 Å². The maximum Gasteiger partial charge on any atom is 0.165 e. The first-order valence-electron chi connectivity index (χ1n) is 7.01. The molecule has 2 N–H and O–H groups in total. The smallest absolute Gasteiger partial charge is 0.165 e. The Morgan fingerprint density at radius 1 is 1.09 bits per heavy atom. The number of aliphatic hydroxyl groups excluding tert-OH is 1. The van der Waals surface area contributed by atoms with Crippen molar-refractivity contribution < 1.29 is 24.4 Å². The van der Waals surface area contributed by atoms with Gasteiger partial charge in [0.25, 0.3) is 0 Å². The minimum absolute atomic E-state index is 0.0476. The molecule has 0 fully saturated rings. The third kappa shape index (κ3) is 2.23. The number of aromatic hydroxyl groups is 1. The zero-order valence-corrected chi connectivity index (χ0v) is 12.4. The van der Waals surface area contributed by atoms with Crippen molar-refractivity contribution in [2.45, 2.75) is 12.0 Å². The van der Waals surface area contributed by atoms with Gasteiger partial charge in [-0.3, -0.25) is 0 Å². The van der Waals surface area contributed by atoms with E-state index in [2.05, 4.69) is 0 Å². The van der Waals surface area contributed by atoms with Gasteiger partial charge in [-0.2, -0.15) is 0 Å². The van der Waals surface area contributed by atoms with Gasteiger partial charge in [-0.25, -0.2) is 0 Å². The van der Waals surface area contributed by atoms with E-state index in [9.17, 15) is 10.2 Å². The fourth-order valence-corrected chi connectivity index (χ4v) is 2.85. The zero-order chi connectivity index (χ0) is 15.7. The Hall–Kier alpha value is -2.40. The van der Waals surface area contributed by atoms with Crippen molar-refractivity contribution in [3.8, 4) is 23.0 Å². The predicted octanol–water partition coefficient (Wildman–Crippen LogP) is 2.62. The van der Waals surface area contributed by atoms with E-state index in [4.69, 9.17) is 14.2 Å². The van der Waals surface area contributed by atoms with Crippen LogP contribution in [0.5, 0.6) is 23.0 Å². The molecule has 2 unspecified atom stereocenters. The summed E-state index contributed by atoms with van der Waals surface area (Å²) in [5, 5.41) is 19.5. The number of aliphatic hydroxyl groups is 1. The molecule has 0 amide bonds. The molecule has 0 saturated heterocycles. The van der Waals surface area contributed by atoms with Gasteiger partial charge in [0.05, 0.1) is 26.7 Å². The topological polar surface area (TPSA) is 68.2 Å². The summed E-state index contributed by atoms with van der Waals surface area (Å²) in [6, 6.07) is 10.7. The van der Waals surface area contributed by atoms with Crippen LogP contribution < -0.4 is 14.2 Å². The molecule has 0 bridgehead atoms. The third-order valence-corrected chi connectivity index (χ3v) is 3.97. The fourth-order valence-electron chi connectivity index (χ4n) is 2.85. The standard InChI is InChI=1S/C17H18O5/c1-20-14-5-3-4-11-12(9-18)16(22-17(11)14)10-6-7-13(19)15(8-10)21-2/h3-8,12,16,18-19H,9H2,1-2H3. The molecular formula is C17H18O5. The number of hydrogen-bond donors (Lipinski definition) is 2. The lowest BCUT2D eigenvalue weighted by Crippen LogP contribution is -2.13. The van der Waals surface area contributed by atoms with Crippen molar-refractivity contribution in [2.75, 3.05) is 20.8 Å². The second-order valence-electron chi connectivity index (χ2n) is 5.14. The number of benzene rings is 2. The number of phenols is 1. The van der Waals surface area contributed by atoms with E-state index in [0.29, 0.717) is 17.2 Å². The number of fused-ring (bicyclic) bond motifs is 1. The molecule has 0 aliphatic carbocycles. The Kier molecular flexibility index (Phi) is 3.81. The molecule has 5 nitrogen and oxygen atoms in total. The predicted molar refractivity (Wildman–Crippen MR) is 80.8 cm³/mol. The summed E-state index contributed by atoms with van der Waals surface area (Å²) in [5.41, 5.74) is 1.74. The van der Waals surface area contributed by atoms with Gasteiger partial charge >= 0.3 is 0 Å². The molecule has 1 heterocycles. The van der Waals surface area contributed by atoms with Crippen LogP contribution in [0.3, 0.4) is 0 Å². The highest BCUT2D eigenvalue weighted by Crippen LogP contribution is 2.50. The van der Waals surface area contributed by atoms with Crippen LogP contribution in [-0.2, 0) is 0 Å². The van der Waals surface area contributed by atoms with Gasteiger partial charge in [0.2, 0.25) is 0 Å². The Balaban J connectivity index is 2.03. The van der Waals surface area contributed by atoms with E-state index in [1.165, 1.54) is 7.11 Å². The van der Waals surface area contributed by atoms with Crippen molar-refractivity contribution in [2.24, 2.45) is 0 Å². The molecule has 5 heteroatoms. The molecule has 2 atom stereocenters. The normalized spacial score (nSPS) is 19.4. The molecule has 0 spiro atoms. The summed E-state index contributed by atoms with van der Waals surface area (Å²) in [4.78, 5) is 0. The van der Waals surface area contributed by atoms with Gasteiger partial charge < -0.3 is 24.4 Å².